The molecular weight excluding hydrogens is 368 g/mol. The van der Waals surface area contributed by atoms with E-state index in [2.05, 4.69) is 10.00 Å². The van der Waals surface area contributed by atoms with Crippen molar-refractivity contribution in [2.45, 2.75) is 13.0 Å². The molecule has 1 aromatic heterocycles. The highest BCUT2D eigenvalue weighted by atomic mass is 35.5. The average molecular weight is 391 g/mol. The van der Waals surface area contributed by atoms with Crippen LogP contribution >= 0.6 is 12.4 Å². The third-order valence-corrected chi connectivity index (χ3v) is 4.07. The van der Waals surface area contributed by atoms with Crippen molar-refractivity contribution in [3.63, 3.8) is 0 Å². The minimum atomic E-state index is -0.399. The first-order valence-corrected chi connectivity index (χ1v) is 8.51. The Morgan fingerprint density at radius 3 is 2.59 bits per heavy atom. The van der Waals surface area contributed by atoms with E-state index in [1.807, 2.05) is 49.1 Å². The highest BCUT2D eigenvalue weighted by Crippen LogP contribution is 2.29. The third kappa shape index (κ3) is 5.18. The SMILES string of the molecule is CN(C)CCCOc1nn(Cc2ccccc2)c2ccc([N+](=O)[O-])cc12.Cl. The van der Waals surface area contributed by atoms with Crippen LogP contribution < -0.4 is 4.74 Å². The van der Waals surface area contributed by atoms with E-state index >= 15 is 0 Å². The van der Waals surface area contributed by atoms with Crippen LogP contribution in [-0.4, -0.2) is 46.9 Å². The number of nitro benzene ring substituents is 1. The molecule has 0 saturated carbocycles. The molecular formula is C19H23ClN4O3. The van der Waals surface area contributed by atoms with E-state index in [1.54, 1.807) is 6.07 Å². The molecule has 0 aliphatic carbocycles. The molecule has 0 bridgehead atoms. The third-order valence-electron chi connectivity index (χ3n) is 4.07. The summed E-state index contributed by atoms with van der Waals surface area (Å²) >= 11 is 0. The maximum Gasteiger partial charge on any atom is 0.270 e. The van der Waals surface area contributed by atoms with Gasteiger partial charge in [0.15, 0.2) is 0 Å². The zero-order valence-corrected chi connectivity index (χ0v) is 16.2. The molecule has 0 aliphatic rings. The van der Waals surface area contributed by atoms with Crippen LogP contribution in [0.3, 0.4) is 0 Å². The van der Waals surface area contributed by atoms with E-state index in [0.717, 1.165) is 24.0 Å². The Hall–Kier alpha value is -2.64. The van der Waals surface area contributed by atoms with Crippen molar-refractivity contribution < 1.29 is 9.66 Å². The second-order valence-electron chi connectivity index (χ2n) is 6.41. The smallest absolute Gasteiger partial charge is 0.270 e. The molecule has 0 fully saturated rings. The standard InChI is InChI=1S/C19H22N4O3.ClH/c1-21(2)11-6-12-26-19-17-13-16(23(24)25)9-10-18(17)22(20-19)14-15-7-4-3-5-8-15;/h3-5,7-10,13H,6,11-12,14H2,1-2H3;1H. The highest BCUT2D eigenvalue weighted by molar-refractivity contribution is 5.86. The van der Waals surface area contributed by atoms with Gasteiger partial charge in [-0.1, -0.05) is 30.3 Å². The summed E-state index contributed by atoms with van der Waals surface area (Å²) in [5.41, 5.74) is 1.96. The van der Waals surface area contributed by atoms with Crippen LogP contribution in [-0.2, 0) is 6.54 Å². The summed E-state index contributed by atoms with van der Waals surface area (Å²) in [4.78, 5) is 12.8. The van der Waals surface area contributed by atoms with Gasteiger partial charge in [-0.25, -0.2) is 0 Å². The van der Waals surface area contributed by atoms with Crippen LogP contribution in [0, 0.1) is 10.1 Å². The van der Waals surface area contributed by atoms with Crippen LogP contribution in [0.15, 0.2) is 48.5 Å². The summed E-state index contributed by atoms with van der Waals surface area (Å²) in [6.07, 6.45) is 0.856. The number of benzene rings is 2. The number of rotatable bonds is 8. The van der Waals surface area contributed by atoms with Crippen molar-refractivity contribution in [2.24, 2.45) is 0 Å². The highest BCUT2D eigenvalue weighted by Gasteiger charge is 2.16. The monoisotopic (exact) mass is 390 g/mol. The number of fused-ring (bicyclic) bond motifs is 1. The largest absolute Gasteiger partial charge is 0.476 e. The molecule has 0 amide bonds. The van der Waals surface area contributed by atoms with Gasteiger partial charge in [0.1, 0.15) is 0 Å². The minimum absolute atomic E-state index is 0. The zero-order valence-electron chi connectivity index (χ0n) is 15.4. The van der Waals surface area contributed by atoms with E-state index in [1.165, 1.54) is 12.1 Å². The molecule has 8 heteroatoms. The van der Waals surface area contributed by atoms with E-state index in [-0.39, 0.29) is 18.1 Å². The van der Waals surface area contributed by atoms with Crippen molar-refractivity contribution in [3.8, 4) is 5.88 Å². The Labute approximate surface area is 164 Å². The number of nitro groups is 1. The fourth-order valence-electron chi connectivity index (χ4n) is 2.78. The molecule has 27 heavy (non-hydrogen) atoms. The van der Waals surface area contributed by atoms with Crippen LogP contribution in [0.25, 0.3) is 10.9 Å². The van der Waals surface area contributed by atoms with Crippen molar-refractivity contribution >= 4 is 29.0 Å². The molecule has 1 heterocycles. The van der Waals surface area contributed by atoms with Gasteiger partial charge >= 0.3 is 0 Å². The molecule has 0 unspecified atom stereocenters. The zero-order chi connectivity index (χ0) is 18.5. The predicted octanol–water partition coefficient (Wildman–Crippen LogP) is 3.75. The summed E-state index contributed by atoms with van der Waals surface area (Å²) in [5, 5.41) is 16.3. The van der Waals surface area contributed by atoms with Gasteiger partial charge in [0.25, 0.3) is 5.69 Å². The normalized spacial score (nSPS) is 10.8. The summed E-state index contributed by atoms with van der Waals surface area (Å²) in [7, 11) is 4.01. The molecule has 2 aromatic carbocycles. The number of aromatic nitrogens is 2. The number of ether oxygens (including phenoxy) is 1. The number of non-ortho nitro benzene ring substituents is 1. The summed E-state index contributed by atoms with van der Waals surface area (Å²) in [6.45, 7) is 2.00. The number of hydrogen-bond donors (Lipinski definition) is 0. The van der Waals surface area contributed by atoms with E-state index < -0.39 is 4.92 Å². The minimum Gasteiger partial charge on any atom is -0.476 e. The molecule has 0 radical (unpaired) electrons. The fourth-order valence-corrected chi connectivity index (χ4v) is 2.78. The molecule has 0 atom stereocenters. The predicted molar refractivity (Wildman–Crippen MR) is 108 cm³/mol. The number of halogens is 1. The molecule has 0 aliphatic heterocycles. The Morgan fingerprint density at radius 1 is 1.19 bits per heavy atom. The lowest BCUT2D eigenvalue weighted by molar-refractivity contribution is -0.384. The second kappa shape index (κ2) is 9.34. The van der Waals surface area contributed by atoms with Gasteiger partial charge in [-0.2, -0.15) is 0 Å². The topological polar surface area (TPSA) is 73.4 Å². The molecule has 0 saturated heterocycles. The Morgan fingerprint density at radius 2 is 1.93 bits per heavy atom. The molecule has 144 valence electrons. The fraction of sp³-hybridized carbons (Fsp3) is 0.316. The first kappa shape index (κ1) is 20.7. The van der Waals surface area contributed by atoms with E-state index in [9.17, 15) is 10.1 Å². The van der Waals surface area contributed by atoms with Gasteiger partial charge in [0.2, 0.25) is 5.88 Å². The second-order valence-corrected chi connectivity index (χ2v) is 6.41. The molecule has 0 spiro atoms. The molecule has 7 nitrogen and oxygen atoms in total. The Kier molecular flexibility index (Phi) is 7.15. The first-order valence-electron chi connectivity index (χ1n) is 8.51. The van der Waals surface area contributed by atoms with Gasteiger partial charge < -0.3 is 9.64 Å². The van der Waals surface area contributed by atoms with E-state index in [0.29, 0.717) is 24.4 Å². The maximum atomic E-state index is 11.1. The summed E-state index contributed by atoms with van der Waals surface area (Å²) in [5.74, 6) is 0.443. The molecule has 0 N–H and O–H groups in total. The van der Waals surface area contributed by atoms with Crippen LogP contribution in [0.4, 0.5) is 5.69 Å². The average Bonchev–Trinajstić information content (AvgIpc) is 2.96. The van der Waals surface area contributed by atoms with Gasteiger partial charge in [0, 0.05) is 18.7 Å². The molecule has 3 rings (SSSR count). The Balaban J connectivity index is 0.00000261. The van der Waals surface area contributed by atoms with Gasteiger partial charge in [-0.3, -0.25) is 14.8 Å². The van der Waals surface area contributed by atoms with Gasteiger partial charge in [-0.05, 0) is 32.1 Å². The van der Waals surface area contributed by atoms with Gasteiger partial charge in [-0.15, -0.1) is 17.5 Å². The number of hydrogen-bond acceptors (Lipinski definition) is 5. The van der Waals surface area contributed by atoms with Crippen LogP contribution in [0.2, 0.25) is 0 Å². The van der Waals surface area contributed by atoms with Crippen molar-refractivity contribution in [3.05, 3.63) is 64.2 Å². The van der Waals surface area contributed by atoms with E-state index in [4.69, 9.17) is 4.74 Å². The molecule has 3 aromatic rings. The van der Waals surface area contributed by atoms with Crippen molar-refractivity contribution in [1.82, 2.24) is 14.7 Å². The van der Waals surface area contributed by atoms with Crippen molar-refractivity contribution in [1.29, 1.82) is 0 Å². The van der Waals surface area contributed by atoms with Crippen molar-refractivity contribution in [2.75, 3.05) is 27.2 Å². The van der Waals surface area contributed by atoms with Crippen LogP contribution in [0.1, 0.15) is 12.0 Å². The lowest BCUT2D eigenvalue weighted by Gasteiger charge is -2.09. The van der Waals surface area contributed by atoms with Crippen LogP contribution in [0.5, 0.6) is 5.88 Å². The lowest BCUT2D eigenvalue weighted by atomic mass is 10.2. The first-order chi connectivity index (χ1) is 12.5. The lowest BCUT2D eigenvalue weighted by Crippen LogP contribution is -2.15. The maximum absolute atomic E-state index is 11.1. The Bertz CT molecular complexity index is 897. The summed E-state index contributed by atoms with van der Waals surface area (Å²) < 4.78 is 7.67. The summed E-state index contributed by atoms with van der Waals surface area (Å²) in [6, 6.07) is 14.7. The van der Waals surface area contributed by atoms with Gasteiger partial charge in [0.05, 0.1) is 29.0 Å². The quantitative estimate of drug-likeness (QED) is 0.333. The number of nitrogens with zero attached hydrogens (tertiary/aromatic N) is 4.